The summed E-state index contributed by atoms with van der Waals surface area (Å²) in [6.07, 6.45) is 4.47. The Bertz CT molecular complexity index is 728. The molecule has 0 saturated carbocycles. The second-order valence-corrected chi connectivity index (χ2v) is 5.76. The molecule has 5 nitrogen and oxygen atoms in total. The zero-order valence-corrected chi connectivity index (χ0v) is 13.1. The van der Waals surface area contributed by atoms with Crippen LogP contribution >= 0.6 is 0 Å². The molecule has 1 aliphatic rings. The molecule has 2 amide bonds. The van der Waals surface area contributed by atoms with E-state index in [-0.39, 0.29) is 17.5 Å². The average molecular weight is 327 g/mol. The van der Waals surface area contributed by atoms with Gasteiger partial charge < -0.3 is 10.2 Å². The van der Waals surface area contributed by atoms with Crippen LogP contribution in [0.5, 0.6) is 0 Å². The molecule has 1 aromatic carbocycles. The van der Waals surface area contributed by atoms with E-state index in [4.69, 9.17) is 0 Å². The van der Waals surface area contributed by atoms with E-state index in [1.54, 1.807) is 41.6 Å². The summed E-state index contributed by atoms with van der Waals surface area (Å²) in [5.41, 5.74) is 0.609. The number of aromatic nitrogens is 1. The number of nitrogens with one attached hydrogen (secondary N) is 1. The van der Waals surface area contributed by atoms with E-state index in [9.17, 15) is 14.0 Å². The average Bonchev–Trinajstić information content (AvgIpc) is 2.63. The highest BCUT2D eigenvalue weighted by Gasteiger charge is 2.25. The molecule has 124 valence electrons. The smallest absolute Gasteiger partial charge is 0.255 e. The monoisotopic (exact) mass is 327 g/mol. The quantitative estimate of drug-likeness (QED) is 0.940. The number of nitrogens with zero attached hydrogens (tertiary/aromatic N) is 2. The van der Waals surface area contributed by atoms with Gasteiger partial charge in [0.1, 0.15) is 5.82 Å². The first-order valence-electron chi connectivity index (χ1n) is 7.90. The number of pyridine rings is 1. The predicted molar refractivity (Wildman–Crippen MR) is 87.0 cm³/mol. The number of amides is 2. The molecule has 0 unspecified atom stereocenters. The predicted octanol–water partition coefficient (Wildman–Crippen LogP) is 2.26. The van der Waals surface area contributed by atoms with Crippen LogP contribution in [0.1, 0.15) is 33.6 Å². The maximum atomic E-state index is 13.6. The van der Waals surface area contributed by atoms with E-state index in [0.29, 0.717) is 31.5 Å². The fraction of sp³-hybridized carbons (Fsp3) is 0.278. The van der Waals surface area contributed by atoms with Gasteiger partial charge in [0.05, 0.1) is 11.1 Å². The zero-order valence-electron chi connectivity index (χ0n) is 13.1. The first-order valence-corrected chi connectivity index (χ1v) is 7.90. The van der Waals surface area contributed by atoms with Crippen molar-refractivity contribution in [3.63, 3.8) is 0 Å². The highest BCUT2D eigenvalue weighted by molar-refractivity contribution is 5.95. The summed E-state index contributed by atoms with van der Waals surface area (Å²) in [7, 11) is 0. The number of carbonyl (C=O) groups is 2. The number of halogens is 1. The van der Waals surface area contributed by atoms with Crippen molar-refractivity contribution in [1.29, 1.82) is 0 Å². The van der Waals surface area contributed by atoms with E-state index >= 15 is 0 Å². The van der Waals surface area contributed by atoms with Crippen LogP contribution in [-0.4, -0.2) is 40.8 Å². The van der Waals surface area contributed by atoms with Gasteiger partial charge in [-0.1, -0.05) is 12.1 Å². The van der Waals surface area contributed by atoms with E-state index in [1.165, 1.54) is 12.1 Å². The Kier molecular flexibility index (Phi) is 4.84. The van der Waals surface area contributed by atoms with E-state index in [2.05, 4.69) is 10.3 Å². The number of piperidine rings is 1. The Morgan fingerprint density at radius 2 is 1.88 bits per heavy atom. The van der Waals surface area contributed by atoms with E-state index in [1.807, 2.05) is 0 Å². The van der Waals surface area contributed by atoms with Gasteiger partial charge in [0.25, 0.3) is 11.8 Å². The molecule has 1 fully saturated rings. The standard InChI is InChI=1S/C18H18FN3O2/c19-16-6-2-1-5-15(16)17(23)21-14-7-10-22(11-8-14)18(24)13-4-3-9-20-12-13/h1-6,9,12,14H,7-8,10-11H2,(H,21,23). The van der Waals surface area contributed by atoms with Crippen LogP contribution < -0.4 is 5.32 Å². The largest absolute Gasteiger partial charge is 0.349 e. The minimum Gasteiger partial charge on any atom is -0.349 e. The Hall–Kier alpha value is -2.76. The summed E-state index contributed by atoms with van der Waals surface area (Å²) in [5.74, 6) is -0.994. The highest BCUT2D eigenvalue weighted by Crippen LogP contribution is 2.15. The van der Waals surface area contributed by atoms with Crippen LogP contribution in [0.25, 0.3) is 0 Å². The van der Waals surface area contributed by atoms with Gasteiger partial charge in [-0.15, -0.1) is 0 Å². The van der Waals surface area contributed by atoms with Gasteiger partial charge in [-0.2, -0.15) is 0 Å². The third kappa shape index (κ3) is 3.59. The molecule has 0 atom stereocenters. The lowest BCUT2D eigenvalue weighted by molar-refractivity contribution is 0.0697. The van der Waals surface area contributed by atoms with Crippen molar-refractivity contribution in [2.75, 3.05) is 13.1 Å². The molecule has 1 aliphatic heterocycles. The molecule has 0 aliphatic carbocycles. The molecule has 24 heavy (non-hydrogen) atoms. The summed E-state index contributed by atoms with van der Waals surface area (Å²) >= 11 is 0. The molecular weight excluding hydrogens is 309 g/mol. The van der Waals surface area contributed by atoms with Crippen molar-refractivity contribution in [3.05, 3.63) is 65.7 Å². The normalized spacial score (nSPS) is 15.1. The third-order valence-electron chi connectivity index (χ3n) is 4.14. The van der Waals surface area contributed by atoms with Crippen molar-refractivity contribution in [2.45, 2.75) is 18.9 Å². The molecular formula is C18H18FN3O2. The van der Waals surface area contributed by atoms with Gasteiger partial charge in [-0.05, 0) is 37.1 Å². The molecule has 2 heterocycles. The molecule has 2 aromatic rings. The molecule has 0 bridgehead atoms. The van der Waals surface area contributed by atoms with Gasteiger partial charge in [0, 0.05) is 31.5 Å². The Morgan fingerprint density at radius 1 is 1.12 bits per heavy atom. The van der Waals surface area contributed by atoms with E-state index < -0.39 is 11.7 Å². The van der Waals surface area contributed by atoms with Crippen molar-refractivity contribution in [3.8, 4) is 0 Å². The number of hydrogen-bond donors (Lipinski definition) is 1. The number of carbonyl (C=O) groups excluding carboxylic acids is 2. The lowest BCUT2D eigenvalue weighted by atomic mass is 10.0. The fourth-order valence-electron chi connectivity index (χ4n) is 2.81. The van der Waals surface area contributed by atoms with Gasteiger partial charge in [-0.25, -0.2) is 4.39 Å². The van der Waals surface area contributed by atoms with Crippen LogP contribution in [0.15, 0.2) is 48.8 Å². The number of hydrogen-bond acceptors (Lipinski definition) is 3. The Balaban J connectivity index is 1.55. The molecule has 0 spiro atoms. The molecule has 1 N–H and O–H groups in total. The maximum absolute atomic E-state index is 13.6. The third-order valence-corrected chi connectivity index (χ3v) is 4.14. The second-order valence-electron chi connectivity index (χ2n) is 5.76. The highest BCUT2D eigenvalue weighted by atomic mass is 19.1. The molecule has 1 saturated heterocycles. The van der Waals surface area contributed by atoms with Crippen molar-refractivity contribution in [2.24, 2.45) is 0 Å². The van der Waals surface area contributed by atoms with Gasteiger partial charge in [-0.3, -0.25) is 14.6 Å². The fourth-order valence-corrected chi connectivity index (χ4v) is 2.81. The molecule has 0 radical (unpaired) electrons. The van der Waals surface area contributed by atoms with Crippen LogP contribution in [0.2, 0.25) is 0 Å². The SMILES string of the molecule is O=C(NC1CCN(C(=O)c2cccnc2)CC1)c1ccccc1F. The minimum absolute atomic E-state index is 0.0476. The summed E-state index contributed by atoms with van der Waals surface area (Å²) in [4.78, 5) is 30.2. The van der Waals surface area contributed by atoms with Crippen LogP contribution in [-0.2, 0) is 0 Å². The molecule has 1 aromatic heterocycles. The maximum Gasteiger partial charge on any atom is 0.255 e. The Labute approximate surface area is 139 Å². The van der Waals surface area contributed by atoms with Crippen LogP contribution in [0.3, 0.4) is 0 Å². The Morgan fingerprint density at radius 3 is 2.54 bits per heavy atom. The number of benzene rings is 1. The minimum atomic E-state index is -0.529. The first kappa shape index (κ1) is 16.1. The van der Waals surface area contributed by atoms with E-state index in [0.717, 1.165) is 0 Å². The topological polar surface area (TPSA) is 62.3 Å². The van der Waals surface area contributed by atoms with Gasteiger partial charge in [0.15, 0.2) is 0 Å². The van der Waals surface area contributed by atoms with Crippen LogP contribution in [0, 0.1) is 5.82 Å². The lowest BCUT2D eigenvalue weighted by Crippen LogP contribution is -2.46. The van der Waals surface area contributed by atoms with Crippen molar-refractivity contribution in [1.82, 2.24) is 15.2 Å². The summed E-state index contributed by atoms with van der Waals surface area (Å²) < 4.78 is 13.6. The van der Waals surface area contributed by atoms with Crippen molar-refractivity contribution >= 4 is 11.8 Å². The number of rotatable bonds is 3. The number of likely N-dealkylation sites (tertiary alicyclic amines) is 1. The van der Waals surface area contributed by atoms with Gasteiger partial charge in [0.2, 0.25) is 0 Å². The van der Waals surface area contributed by atoms with Crippen molar-refractivity contribution < 1.29 is 14.0 Å². The van der Waals surface area contributed by atoms with Gasteiger partial charge >= 0.3 is 0 Å². The lowest BCUT2D eigenvalue weighted by Gasteiger charge is -2.32. The summed E-state index contributed by atoms with van der Waals surface area (Å²) in [6.45, 7) is 1.10. The molecule has 6 heteroatoms. The summed E-state index contributed by atoms with van der Waals surface area (Å²) in [6, 6.07) is 9.32. The zero-order chi connectivity index (χ0) is 16.9. The summed E-state index contributed by atoms with van der Waals surface area (Å²) in [5, 5.41) is 2.85. The van der Waals surface area contributed by atoms with Crippen LogP contribution in [0.4, 0.5) is 4.39 Å². The second kappa shape index (κ2) is 7.21. The molecule has 3 rings (SSSR count). The first-order chi connectivity index (χ1) is 11.6.